The Labute approximate surface area is 213 Å². The van der Waals surface area contributed by atoms with Gasteiger partial charge in [0.05, 0.1) is 12.8 Å². The van der Waals surface area contributed by atoms with E-state index in [1.807, 2.05) is 11.9 Å². The molecule has 0 bridgehead atoms. The average molecular weight is 517 g/mol. The molecule has 0 aromatic carbocycles. The highest BCUT2D eigenvalue weighted by atomic mass is 19.4. The summed E-state index contributed by atoms with van der Waals surface area (Å²) < 4.78 is 47.4. The van der Waals surface area contributed by atoms with E-state index < -0.39 is 11.9 Å². The van der Waals surface area contributed by atoms with Gasteiger partial charge >= 0.3 is 6.18 Å². The van der Waals surface area contributed by atoms with Gasteiger partial charge in [-0.25, -0.2) is 15.0 Å². The monoisotopic (exact) mass is 516 g/mol. The van der Waals surface area contributed by atoms with Gasteiger partial charge in [0.25, 0.3) is 0 Å². The molecule has 2 aliphatic heterocycles. The highest BCUT2D eigenvalue weighted by molar-refractivity contribution is 5.75. The zero-order valence-electron chi connectivity index (χ0n) is 21.0. The van der Waals surface area contributed by atoms with Gasteiger partial charge in [-0.05, 0) is 43.9 Å². The van der Waals surface area contributed by atoms with Crippen molar-refractivity contribution in [3.8, 4) is 5.75 Å². The van der Waals surface area contributed by atoms with Crippen molar-refractivity contribution in [1.29, 1.82) is 0 Å². The van der Waals surface area contributed by atoms with Gasteiger partial charge in [-0.1, -0.05) is 0 Å². The number of fused-ring (bicyclic) bond motifs is 1. The Morgan fingerprint density at radius 1 is 1.16 bits per heavy atom. The smallest absolute Gasteiger partial charge is 0.437 e. The number of likely N-dealkylation sites (tertiary alicyclic amines) is 1. The van der Waals surface area contributed by atoms with Crippen LogP contribution >= 0.6 is 0 Å². The van der Waals surface area contributed by atoms with Gasteiger partial charge in [-0.15, -0.1) is 0 Å². The van der Waals surface area contributed by atoms with Crippen molar-refractivity contribution >= 4 is 22.9 Å². The van der Waals surface area contributed by atoms with Crippen molar-refractivity contribution in [3.63, 3.8) is 0 Å². The summed E-state index contributed by atoms with van der Waals surface area (Å²) in [6.45, 7) is 4.74. The highest BCUT2D eigenvalue weighted by Gasteiger charge is 2.36. The molecular formula is C26H31F3N6O2. The summed E-state index contributed by atoms with van der Waals surface area (Å²) in [4.78, 5) is 28.8. The summed E-state index contributed by atoms with van der Waals surface area (Å²) in [5.41, 5.74) is 1.83. The summed E-state index contributed by atoms with van der Waals surface area (Å²) in [6.07, 6.45) is 1.92. The van der Waals surface area contributed by atoms with Crippen LogP contribution in [-0.4, -0.2) is 63.1 Å². The number of aromatic nitrogens is 4. The van der Waals surface area contributed by atoms with Crippen LogP contribution in [0.15, 0.2) is 30.6 Å². The van der Waals surface area contributed by atoms with Crippen LogP contribution in [0.25, 0.3) is 11.2 Å². The summed E-state index contributed by atoms with van der Waals surface area (Å²) in [6, 6.07) is 4.86. The van der Waals surface area contributed by atoms with E-state index in [1.165, 1.54) is 17.8 Å². The first kappa shape index (κ1) is 25.3. The predicted octanol–water partition coefficient (Wildman–Crippen LogP) is 4.40. The molecular weight excluding hydrogens is 485 g/mol. The van der Waals surface area contributed by atoms with Gasteiger partial charge in [-0.3, -0.25) is 4.79 Å². The quantitative estimate of drug-likeness (QED) is 0.500. The summed E-state index contributed by atoms with van der Waals surface area (Å²) >= 11 is 0. The van der Waals surface area contributed by atoms with Crippen LogP contribution in [0.1, 0.15) is 49.9 Å². The van der Waals surface area contributed by atoms with Crippen LogP contribution in [0.4, 0.5) is 19.0 Å². The number of alkyl halides is 3. The van der Waals surface area contributed by atoms with Crippen molar-refractivity contribution in [2.45, 2.75) is 44.7 Å². The lowest BCUT2D eigenvalue weighted by molar-refractivity contribution is -0.142. The second-order valence-electron chi connectivity index (χ2n) is 9.96. The first-order valence-electron chi connectivity index (χ1n) is 12.7. The molecule has 1 amide bonds. The van der Waals surface area contributed by atoms with E-state index in [0.29, 0.717) is 12.5 Å². The van der Waals surface area contributed by atoms with Gasteiger partial charge in [-0.2, -0.15) is 13.2 Å². The predicted molar refractivity (Wildman–Crippen MR) is 132 cm³/mol. The Morgan fingerprint density at radius 2 is 1.95 bits per heavy atom. The van der Waals surface area contributed by atoms with E-state index in [9.17, 15) is 18.0 Å². The average Bonchev–Trinajstić information content (AvgIpc) is 3.23. The van der Waals surface area contributed by atoms with Crippen LogP contribution in [0.2, 0.25) is 0 Å². The molecule has 2 fully saturated rings. The lowest BCUT2D eigenvalue weighted by atomic mass is 9.93. The Balaban J connectivity index is 1.27. The Bertz CT molecular complexity index is 1270. The van der Waals surface area contributed by atoms with Crippen molar-refractivity contribution in [3.05, 3.63) is 42.0 Å². The van der Waals surface area contributed by atoms with Gasteiger partial charge in [0.15, 0.2) is 11.3 Å². The number of hydrogen-bond acceptors (Lipinski definition) is 6. The van der Waals surface area contributed by atoms with Gasteiger partial charge < -0.3 is 19.1 Å². The largest absolute Gasteiger partial charge is 0.491 e. The molecule has 1 atom stereocenters. The zero-order valence-corrected chi connectivity index (χ0v) is 21.0. The number of aryl methyl sites for hydroxylation is 1. The molecule has 2 saturated heterocycles. The van der Waals surface area contributed by atoms with Crippen LogP contribution in [0, 0.1) is 5.92 Å². The summed E-state index contributed by atoms with van der Waals surface area (Å²) in [5.74, 6) is 1.05. The van der Waals surface area contributed by atoms with Crippen molar-refractivity contribution in [2.24, 2.45) is 13.0 Å². The Hall–Kier alpha value is -3.37. The van der Waals surface area contributed by atoms with Crippen molar-refractivity contribution in [2.75, 3.05) is 37.7 Å². The molecule has 0 N–H and O–H groups in total. The number of ether oxygens (including phenoxy) is 1. The molecule has 198 valence electrons. The van der Waals surface area contributed by atoms with Crippen molar-refractivity contribution < 1.29 is 22.7 Å². The third-order valence-electron chi connectivity index (χ3n) is 7.47. The third-order valence-corrected chi connectivity index (χ3v) is 7.47. The van der Waals surface area contributed by atoms with E-state index in [4.69, 9.17) is 9.72 Å². The van der Waals surface area contributed by atoms with Crippen molar-refractivity contribution in [1.82, 2.24) is 24.4 Å². The van der Waals surface area contributed by atoms with E-state index in [0.717, 1.165) is 68.5 Å². The molecule has 0 saturated carbocycles. The number of hydrogen-bond donors (Lipinski definition) is 0. The number of rotatable bonds is 5. The fourth-order valence-electron chi connectivity index (χ4n) is 5.46. The van der Waals surface area contributed by atoms with E-state index in [-0.39, 0.29) is 24.2 Å². The lowest BCUT2D eigenvalue weighted by Gasteiger charge is -2.33. The van der Waals surface area contributed by atoms with Gasteiger partial charge in [0.2, 0.25) is 5.91 Å². The number of piperidine rings is 2. The van der Waals surface area contributed by atoms with Gasteiger partial charge in [0.1, 0.15) is 17.1 Å². The minimum atomic E-state index is -4.56. The maximum atomic E-state index is 13.2. The number of halogens is 3. The molecule has 8 nitrogen and oxygen atoms in total. The Morgan fingerprint density at radius 3 is 2.68 bits per heavy atom. The third kappa shape index (κ3) is 5.35. The maximum Gasteiger partial charge on any atom is 0.437 e. The number of amides is 1. The fraction of sp³-hybridized carbons (Fsp3) is 0.538. The normalized spacial score (nSPS) is 19.4. The number of nitrogens with zero attached hydrogens (tertiary/aromatic N) is 6. The number of carbonyl (C=O) groups is 1. The highest BCUT2D eigenvalue weighted by Crippen LogP contribution is 2.35. The molecule has 1 unspecified atom stereocenters. The van der Waals surface area contributed by atoms with Crippen LogP contribution in [0.5, 0.6) is 5.75 Å². The molecule has 0 aliphatic carbocycles. The molecule has 3 aromatic rings. The van der Waals surface area contributed by atoms with E-state index in [1.54, 1.807) is 13.1 Å². The first-order valence-corrected chi connectivity index (χ1v) is 12.7. The standard InChI is InChI=1S/C26H31F3N6O2/c1-17(36)34-11-7-19(8-12-34)21-13-20-25(33(21)2)32-23(14-31-20)35-10-4-5-18(15-35)16-37-22-6-3-9-30-24(22)26(27,28)29/h3,6,9,13-14,18-19H,4-5,7-8,10-12,15-16H2,1-2H3. The van der Waals surface area contributed by atoms with E-state index in [2.05, 4.69) is 25.5 Å². The van der Waals surface area contributed by atoms with Crippen LogP contribution in [0.3, 0.4) is 0 Å². The zero-order chi connectivity index (χ0) is 26.2. The minimum absolute atomic E-state index is 0.0583. The molecule has 0 radical (unpaired) electrons. The summed E-state index contributed by atoms with van der Waals surface area (Å²) in [7, 11) is 2.01. The second kappa shape index (κ2) is 10.2. The van der Waals surface area contributed by atoms with E-state index >= 15 is 0 Å². The number of pyridine rings is 1. The summed E-state index contributed by atoms with van der Waals surface area (Å²) in [5, 5.41) is 0. The second-order valence-corrected chi connectivity index (χ2v) is 9.96. The number of carbonyl (C=O) groups excluding carboxylic acids is 1. The minimum Gasteiger partial charge on any atom is -0.491 e. The molecule has 0 spiro atoms. The maximum absolute atomic E-state index is 13.2. The van der Waals surface area contributed by atoms with Crippen LogP contribution < -0.4 is 9.64 Å². The lowest BCUT2D eigenvalue weighted by Crippen LogP contribution is -2.38. The molecule has 2 aliphatic rings. The fourth-order valence-corrected chi connectivity index (χ4v) is 5.46. The molecule has 3 aromatic heterocycles. The van der Waals surface area contributed by atoms with Gasteiger partial charge in [0, 0.05) is 63.9 Å². The molecule has 5 rings (SSSR count). The molecule has 5 heterocycles. The number of anilines is 1. The molecule has 37 heavy (non-hydrogen) atoms. The molecule has 11 heteroatoms. The Kier molecular flexibility index (Phi) is 6.96. The SMILES string of the molecule is CC(=O)N1CCC(c2cc3ncc(N4CCCC(COc5cccnc5C(F)(F)F)C4)nc3n2C)CC1. The van der Waals surface area contributed by atoms with Crippen LogP contribution in [-0.2, 0) is 18.0 Å². The topological polar surface area (TPSA) is 76.4 Å². The first-order chi connectivity index (χ1) is 17.7.